The Morgan fingerprint density at radius 2 is 2.08 bits per heavy atom. The van der Waals surface area contributed by atoms with Crippen molar-refractivity contribution in [2.24, 2.45) is 0 Å². The van der Waals surface area contributed by atoms with Crippen LogP contribution in [0.15, 0.2) is 54.9 Å². The Bertz CT molecular complexity index is 802. The Labute approximate surface area is 139 Å². The van der Waals surface area contributed by atoms with Crippen LogP contribution in [0.25, 0.3) is 0 Å². The summed E-state index contributed by atoms with van der Waals surface area (Å²) in [5.41, 5.74) is 2.58. The van der Waals surface area contributed by atoms with Crippen LogP contribution in [0.5, 0.6) is 5.75 Å². The van der Waals surface area contributed by atoms with Crippen LogP contribution < -0.4 is 15.0 Å². The highest BCUT2D eigenvalue weighted by Crippen LogP contribution is 2.35. The van der Waals surface area contributed by atoms with Crippen molar-refractivity contribution < 1.29 is 14.3 Å². The first-order chi connectivity index (χ1) is 11.5. The Morgan fingerprint density at radius 1 is 1.33 bits per heavy atom. The second-order valence-electron chi connectivity index (χ2n) is 5.60. The Kier molecular flexibility index (Phi) is 4.29. The molecule has 0 atom stereocenters. The molecule has 0 radical (unpaired) electrons. The summed E-state index contributed by atoms with van der Waals surface area (Å²) in [6, 6.07) is 8.48. The predicted molar refractivity (Wildman–Crippen MR) is 91.3 cm³/mol. The van der Waals surface area contributed by atoms with E-state index in [-0.39, 0.29) is 18.4 Å². The molecule has 0 spiro atoms. The normalized spacial score (nSPS) is 13.0. The maximum Gasteiger partial charge on any atom is 0.265 e. The number of benzene rings is 1. The monoisotopic (exact) mass is 323 g/mol. The molecule has 122 valence electrons. The van der Waals surface area contributed by atoms with Crippen LogP contribution in [-0.2, 0) is 4.79 Å². The van der Waals surface area contributed by atoms with Gasteiger partial charge in [0.1, 0.15) is 5.75 Å². The minimum atomic E-state index is -0.244. The Balaban J connectivity index is 1.87. The molecule has 1 N–H and O–H groups in total. The summed E-state index contributed by atoms with van der Waals surface area (Å²) in [4.78, 5) is 29.9. The fraction of sp³-hybridized carbons (Fsp3) is 0.167. The number of hydrogen-bond donors (Lipinski definition) is 1. The van der Waals surface area contributed by atoms with E-state index >= 15 is 0 Å². The van der Waals surface area contributed by atoms with Crippen molar-refractivity contribution in [2.45, 2.75) is 6.92 Å². The number of amides is 2. The summed E-state index contributed by atoms with van der Waals surface area (Å²) in [6.45, 7) is 6.13. The average Bonchev–Trinajstić information content (AvgIpc) is 2.58. The molecule has 0 saturated heterocycles. The van der Waals surface area contributed by atoms with Gasteiger partial charge in [-0.2, -0.15) is 0 Å². The van der Waals surface area contributed by atoms with E-state index in [0.717, 1.165) is 5.57 Å². The molecule has 2 amide bonds. The van der Waals surface area contributed by atoms with Crippen LogP contribution in [0.3, 0.4) is 0 Å². The zero-order valence-corrected chi connectivity index (χ0v) is 13.3. The number of pyridine rings is 1. The van der Waals surface area contributed by atoms with Gasteiger partial charge >= 0.3 is 0 Å². The number of rotatable bonds is 4. The van der Waals surface area contributed by atoms with E-state index < -0.39 is 0 Å². The fourth-order valence-electron chi connectivity index (χ4n) is 2.43. The molecule has 1 aromatic carbocycles. The second-order valence-corrected chi connectivity index (χ2v) is 5.60. The summed E-state index contributed by atoms with van der Waals surface area (Å²) in [7, 11) is 0. The van der Waals surface area contributed by atoms with Crippen LogP contribution in [0.2, 0.25) is 0 Å². The van der Waals surface area contributed by atoms with Crippen molar-refractivity contribution in [1.29, 1.82) is 0 Å². The quantitative estimate of drug-likeness (QED) is 0.878. The first-order valence-electron chi connectivity index (χ1n) is 7.47. The minimum Gasteiger partial charge on any atom is -0.482 e. The predicted octanol–water partition coefficient (Wildman–Crippen LogP) is 2.64. The highest BCUT2D eigenvalue weighted by Gasteiger charge is 2.25. The number of nitrogens with one attached hydrogen (secondary N) is 1. The van der Waals surface area contributed by atoms with Gasteiger partial charge in [-0.05, 0) is 37.3 Å². The largest absolute Gasteiger partial charge is 0.482 e. The molecular formula is C18H17N3O3. The van der Waals surface area contributed by atoms with Crippen LogP contribution in [0.4, 0.5) is 11.4 Å². The highest BCUT2D eigenvalue weighted by atomic mass is 16.5. The first kappa shape index (κ1) is 15.7. The van der Waals surface area contributed by atoms with E-state index in [4.69, 9.17) is 4.74 Å². The summed E-state index contributed by atoms with van der Waals surface area (Å²) >= 11 is 0. The first-order valence-corrected chi connectivity index (χ1v) is 7.47. The lowest BCUT2D eigenvalue weighted by molar-refractivity contribution is -0.121. The molecule has 2 heterocycles. The lowest BCUT2D eigenvalue weighted by Gasteiger charge is -2.30. The molecule has 3 rings (SSSR count). The number of ether oxygens (including phenoxy) is 1. The number of fused-ring (bicyclic) bond motifs is 1. The Morgan fingerprint density at radius 3 is 2.79 bits per heavy atom. The topological polar surface area (TPSA) is 71.5 Å². The zero-order valence-electron chi connectivity index (χ0n) is 13.3. The number of hydrogen-bond acceptors (Lipinski definition) is 4. The Hall–Kier alpha value is -3.15. The number of nitrogens with zero attached hydrogens (tertiary/aromatic N) is 2. The molecule has 0 aliphatic carbocycles. The molecule has 1 aliphatic rings. The molecule has 6 heteroatoms. The van der Waals surface area contributed by atoms with Gasteiger partial charge in [-0.3, -0.25) is 14.6 Å². The lowest BCUT2D eigenvalue weighted by atomic mass is 10.1. The summed E-state index contributed by atoms with van der Waals surface area (Å²) in [5, 5.41) is 2.81. The second kappa shape index (κ2) is 6.54. The van der Waals surface area contributed by atoms with Crippen LogP contribution in [-0.4, -0.2) is 29.9 Å². The van der Waals surface area contributed by atoms with E-state index in [1.165, 1.54) is 0 Å². The van der Waals surface area contributed by atoms with Crippen molar-refractivity contribution in [3.05, 3.63) is 60.4 Å². The number of anilines is 2. The van der Waals surface area contributed by atoms with Gasteiger partial charge in [0.05, 0.1) is 5.69 Å². The molecule has 24 heavy (non-hydrogen) atoms. The number of carbonyl (C=O) groups is 2. The van der Waals surface area contributed by atoms with Crippen LogP contribution >= 0.6 is 0 Å². The molecule has 1 aliphatic heterocycles. The number of aromatic nitrogens is 1. The summed E-state index contributed by atoms with van der Waals surface area (Å²) in [6.07, 6.45) is 3.12. The molecule has 2 aromatic rings. The van der Waals surface area contributed by atoms with Crippen molar-refractivity contribution in [3.8, 4) is 5.75 Å². The van der Waals surface area contributed by atoms with E-state index in [2.05, 4.69) is 16.9 Å². The van der Waals surface area contributed by atoms with E-state index in [1.807, 2.05) is 6.92 Å². The summed E-state index contributed by atoms with van der Waals surface area (Å²) < 4.78 is 5.45. The van der Waals surface area contributed by atoms with Crippen LogP contribution in [0, 0.1) is 0 Å². The summed E-state index contributed by atoms with van der Waals surface area (Å²) in [5.74, 6) is 0.229. The van der Waals surface area contributed by atoms with Gasteiger partial charge in [-0.25, -0.2) is 0 Å². The maximum atomic E-state index is 12.2. The van der Waals surface area contributed by atoms with Crippen LogP contribution in [0.1, 0.15) is 17.3 Å². The molecular weight excluding hydrogens is 306 g/mol. The molecule has 0 bridgehead atoms. The molecule has 1 aromatic heterocycles. The van der Waals surface area contributed by atoms with Gasteiger partial charge in [-0.15, -0.1) is 0 Å². The van der Waals surface area contributed by atoms with Gasteiger partial charge < -0.3 is 15.0 Å². The zero-order chi connectivity index (χ0) is 17.1. The SMILES string of the molecule is C=C(C)CN1C(=O)COc2ccc(NC(=O)c3ccncc3)cc21. The fourth-order valence-corrected chi connectivity index (χ4v) is 2.43. The molecule has 0 fully saturated rings. The van der Waals surface area contributed by atoms with E-state index in [9.17, 15) is 9.59 Å². The molecule has 0 saturated carbocycles. The molecule has 6 nitrogen and oxygen atoms in total. The van der Waals surface area contributed by atoms with Crippen molar-refractivity contribution >= 4 is 23.2 Å². The van der Waals surface area contributed by atoms with Gasteiger partial charge in [0, 0.05) is 30.2 Å². The maximum absolute atomic E-state index is 12.2. The van der Waals surface area contributed by atoms with E-state index in [1.54, 1.807) is 47.6 Å². The van der Waals surface area contributed by atoms with Crippen molar-refractivity contribution in [2.75, 3.05) is 23.4 Å². The molecule has 0 unspecified atom stereocenters. The third-order valence-corrected chi connectivity index (χ3v) is 3.53. The number of carbonyl (C=O) groups excluding carboxylic acids is 2. The van der Waals surface area contributed by atoms with Gasteiger partial charge in [-0.1, -0.05) is 12.2 Å². The standard InChI is InChI=1S/C18H17N3O3/c1-12(2)10-21-15-9-14(3-4-16(15)24-11-17(21)22)20-18(23)13-5-7-19-8-6-13/h3-9H,1,10-11H2,2H3,(H,20,23). The van der Waals surface area contributed by atoms with E-state index in [0.29, 0.717) is 29.2 Å². The van der Waals surface area contributed by atoms with Crippen molar-refractivity contribution in [3.63, 3.8) is 0 Å². The van der Waals surface area contributed by atoms with Gasteiger partial charge in [0.2, 0.25) is 0 Å². The van der Waals surface area contributed by atoms with Crippen molar-refractivity contribution in [1.82, 2.24) is 4.98 Å². The lowest BCUT2D eigenvalue weighted by Crippen LogP contribution is -2.39. The average molecular weight is 323 g/mol. The smallest absolute Gasteiger partial charge is 0.265 e. The van der Waals surface area contributed by atoms with Gasteiger partial charge in [0.25, 0.3) is 11.8 Å². The third-order valence-electron chi connectivity index (χ3n) is 3.53. The van der Waals surface area contributed by atoms with Gasteiger partial charge in [0.15, 0.2) is 6.61 Å². The minimum absolute atomic E-state index is 0.00298. The highest BCUT2D eigenvalue weighted by molar-refractivity contribution is 6.05. The third kappa shape index (κ3) is 3.27.